The van der Waals surface area contributed by atoms with Crippen LogP contribution in [0.25, 0.3) is 0 Å². The minimum Gasteiger partial charge on any atom is -0.411 e. The summed E-state index contributed by atoms with van der Waals surface area (Å²) in [5.74, 6) is 0. The number of alkyl halides is 1. The van der Waals surface area contributed by atoms with E-state index in [1.807, 2.05) is 6.08 Å². The summed E-state index contributed by atoms with van der Waals surface area (Å²) in [4.78, 5) is 0. The molecule has 0 saturated heterocycles. The summed E-state index contributed by atoms with van der Waals surface area (Å²) >= 11 is 6.01. The first-order valence-corrected chi connectivity index (χ1v) is 5.30. The summed E-state index contributed by atoms with van der Waals surface area (Å²) in [5, 5.41) is 11.7. The van der Waals surface area contributed by atoms with Crippen LogP contribution in [0.15, 0.2) is 17.3 Å². The maximum Gasteiger partial charge on any atom is 0.0931 e. The summed E-state index contributed by atoms with van der Waals surface area (Å²) in [6.07, 6.45) is 10.7. The highest BCUT2D eigenvalue weighted by Gasteiger charge is 2.10. The summed E-state index contributed by atoms with van der Waals surface area (Å²) in [7, 11) is 0. The van der Waals surface area contributed by atoms with E-state index in [0.717, 1.165) is 19.3 Å². The Hall–Kier alpha value is -0.500. The molecule has 0 spiro atoms. The maximum absolute atomic E-state index is 8.71. The second-order valence-corrected chi connectivity index (χ2v) is 3.84. The van der Waals surface area contributed by atoms with E-state index in [-0.39, 0.29) is 5.38 Å². The zero-order valence-electron chi connectivity index (χ0n) is 7.75. The van der Waals surface area contributed by atoms with Crippen molar-refractivity contribution in [1.82, 2.24) is 0 Å². The van der Waals surface area contributed by atoms with Gasteiger partial charge in [-0.05, 0) is 25.7 Å². The van der Waals surface area contributed by atoms with Gasteiger partial charge in [-0.2, -0.15) is 0 Å². The van der Waals surface area contributed by atoms with Crippen LogP contribution in [0, 0.1) is 0 Å². The number of hydrogen-bond acceptors (Lipinski definition) is 2. The van der Waals surface area contributed by atoms with Gasteiger partial charge in [0.2, 0.25) is 0 Å². The van der Waals surface area contributed by atoms with Crippen LogP contribution in [0.1, 0.15) is 38.5 Å². The van der Waals surface area contributed by atoms with E-state index in [4.69, 9.17) is 16.8 Å². The number of rotatable bonds is 0. The second kappa shape index (κ2) is 6.03. The predicted molar refractivity (Wildman–Crippen MR) is 55.7 cm³/mol. The fourth-order valence-corrected chi connectivity index (χ4v) is 1.75. The van der Waals surface area contributed by atoms with Gasteiger partial charge in [0.05, 0.1) is 11.1 Å². The molecule has 3 heteroatoms. The van der Waals surface area contributed by atoms with Crippen molar-refractivity contribution in [3.8, 4) is 0 Å². The SMILES string of the molecule is ON=C1CCCCCCC=CC1Cl. The molecule has 1 aliphatic rings. The molecule has 0 radical (unpaired) electrons. The zero-order valence-corrected chi connectivity index (χ0v) is 8.50. The molecule has 13 heavy (non-hydrogen) atoms. The molecule has 0 amide bonds. The van der Waals surface area contributed by atoms with Gasteiger partial charge in [-0.1, -0.05) is 30.1 Å². The number of hydrogen-bond donors (Lipinski definition) is 1. The third-order valence-corrected chi connectivity index (χ3v) is 2.70. The van der Waals surface area contributed by atoms with Crippen molar-refractivity contribution >= 4 is 17.3 Å². The molecule has 0 fully saturated rings. The Labute approximate surface area is 84.3 Å². The van der Waals surface area contributed by atoms with E-state index in [9.17, 15) is 0 Å². The third kappa shape index (κ3) is 3.81. The molecule has 0 bridgehead atoms. The van der Waals surface area contributed by atoms with E-state index in [0.29, 0.717) is 5.71 Å². The quantitative estimate of drug-likeness (QED) is 0.277. The molecular formula is C10H16ClNO. The summed E-state index contributed by atoms with van der Waals surface area (Å²) in [6.45, 7) is 0. The fraction of sp³-hybridized carbons (Fsp3) is 0.700. The molecular weight excluding hydrogens is 186 g/mol. The van der Waals surface area contributed by atoms with E-state index < -0.39 is 0 Å². The van der Waals surface area contributed by atoms with Crippen LogP contribution in [-0.2, 0) is 0 Å². The molecule has 1 aliphatic carbocycles. The van der Waals surface area contributed by atoms with Gasteiger partial charge >= 0.3 is 0 Å². The first-order chi connectivity index (χ1) is 6.34. The van der Waals surface area contributed by atoms with Gasteiger partial charge in [0.25, 0.3) is 0 Å². The van der Waals surface area contributed by atoms with Crippen LogP contribution in [0.5, 0.6) is 0 Å². The van der Waals surface area contributed by atoms with Gasteiger partial charge in [0.15, 0.2) is 0 Å². The van der Waals surface area contributed by atoms with Crippen molar-refractivity contribution in [3.63, 3.8) is 0 Å². The number of nitrogens with zero attached hydrogens (tertiary/aromatic N) is 1. The Kier molecular flexibility index (Phi) is 4.91. The van der Waals surface area contributed by atoms with Gasteiger partial charge in [-0.25, -0.2) is 0 Å². The normalized spacial score (nSPS) is 29.0. The fourth-order valence-electron chi connectivity index (χ4n) is 1.49. The van der Waals surface area contributed by atoms with Gasteiger partial charge in [0.1, 0.15) is 0 Å². The number of oxime groups is 1. The standard InChI is InChI=1S/C10H16ClNO/c11-9-7-5-3-1-2-4-6-8-10(9)12-13/h5,7,9,13H,1-4,6,8H2. The van der Waals surface area contributed by atoms with Gasteiger partial charge in [-0.15, -0.1) is 11.6 Å². The molecule has 1 N–H and O–H groups in total. The molecule has 1 unspecified atom stereocenters. The predicted octanol–water partition coefficient (Wildman–Crippen LogP) is 3.33. The van der Waals surface area contributed by atoms with E-state index in [1.54, 1.807) is 0 Å². The topological polar surface area (TPSA) is 32.6 Å². The zero-order chi connectivity index (χ0) is 9.52. The first-order valence-electron chi connectivity index (χ1n) is 4.86. The van der Waals surface area contributed by atoms with Crippen LogP contribution >= 0.6 is 11.6 Å². The molecule has 74 valence electrons. The highest BCUT2D eigenvalue weighted by Crippen LogP contribution is 2.14. The van der Waals surface area contributed by atoms with Crippen molar-refractivity contribution in [2.45, 2.75) is 43.9 Å². The van der Waals surface area contributed by atoms with Crippen LogP contribution < -0.4 is 0 Å². The summed E-state index contributed by atoms with van der Waals surface area (Å²) in [6, 6.07) is 0. The molecule has 0 aliphatic heterocycles. The Morgan fingerprint density at radius 2 is 2.08 bits per heavy atom. The second-order valence-electron chi connectivity index (χ2n) is 3.37. The number of halogens is 1. The molecule has 0 heterocycles. The Bertz CT molecular complexity index is 201. The average molecular weight is 202 g/mol. The molecule has 1 atom stereocenters. The molecule has 0 saturated carbocycles. The lowest BCUT2D eigenvalue weighted by Crippen LogP contribution is -2.12. The molecule has 0 aromatic heterocycles. The third-order valence-electron chi connectivity index (χ3n) is 2.31. The molecule has 2 nitrogen and oxygen atoms in total. The Balaban J connectivity index is 2.56. The monoisotopic (exact) mass is 201 g/mol. The van der Waals surface area contributed by atoms with Crippen LogP contribution in [-0.4, -0.2) is 16.3 Å². The van der Waals surface area contributed by atoms with Crippen molar-refractivity contribution in [2.75, 3.05) is 0 Å². The van der Waals surface area contributed by atoms with Crippen molar-refractivity contribution in [3.05, 3.63) is 12.2 Å². The van der Waals surface area contributed by atoms with Crippen LogP contribution in [0.3, 0.4) is 0 Å². The minimum atomic E-state index is -0.219. The van der Waals surface area contributed by atoms with E-state index in [2.05, 4.69) is 11.2 Å². The molecule has 0 aromatic rings. The number of allylic oxidation sites excluding steroid dienone is 2. The van der Waals surface area contributed by atoms with Crippen molar-refractivity contribution in [2.24, 2.45) is 5.16 Å². The smallest absolute Gasteiger partial charge is 0.0931 e. The summed E-state index contributed by atoms with van der Waals surface area (Å²) in [5.41, 5.74) is 0.694. The van der Waals surface area contributed by atoms with E-state index in [1.165, 1.54) is 19.3 Å². The van der Waals surface area contributed by atoms with Gasteiger partial charge in [-0.3, -0.25) is 0 Å². The maximum atomic E-state index is 8.71. The van der Waals surface area contributed by atoms with Crippen LogP contribution in [0.4, 0.5) is 0 Å². The van der Waals surface area contributed by atoms with Gasteiger partial charge < -0.3 is 5.21 Å². The molecule has 0 aromatic carbocycles. The van der Waals surface area contributed by atoms with Crippen LogP contribution in [0.2, 0.25) is 0 Å². The molecule has 1 rings (SSSR count). The first kappa shape index (κ1) is 10.6. The largest absolute Gasteiger partial charge is 0.411 e. The van der Waals surface area contributed by atoms with E-state index >= 15 is 0 Å². The van der Waals surface area contributed by atoms with Crippen molar-refractivity contribution in [1.29, 1.82) is 0 Å². The minimum absolute atomic E-state index is 0.219. The van der Waals surface area contributed by atoms with Gasteiger partial charge in [0, 0.05) is 0 Å². The van der Waals surface area contributed by atoms with Crippen molar-refractivity contribution < 1.29 is 5.21 Å². The lowest BCUT2D eigenvalue weighted by Gasteiger charge is -2.09. The highest BCUT2D eigenvalue weighted by atomic mass is 35.5. The lowest BCUT2D eigenvalue weighted by atomic mass is 10.0. The lowest BCUT2D eigenvalue weighted by molar-refractivity contribution is 0.316. The highest BCUT2D eigenvalue weighted by molar-refractivity contribution is 6.33. The Morgan fingerprint density at radius 1 is 1.31 bits per heavy atom. The Morgan fingerprint density at radius 3 is 2.85 bits per heavy atom. The summed E-state index contributed by atoms with van der Waals surface area (Å²) < 4.78 is 0. The average Bonchev–Trinajstić information content (AvgIpc) is 2.16.